The molecule has 17 heavy (non-hydrogen) atoms. The molecule has 0 fully saturated rings. The van der Waals surface area contributed by atoms with E-state index in [2.05, 4.69) is 19.9 Å². The summed E-state index contributed by atoms with van der Waals surface area (Å²) in [7, 11) is 0. The van der Waals surface area contributed by atoms with E-state index in [1.807, 2.05) is 6.07 Å². The minimum Gasteiger partial charge on any atom is -0.469 e. The van der Waals surface area contributed by atoms with Gasteiger partial charge in [-0.1, -0.05) is 65.2 Å². The first-order valence-corrected chi connectivity index (χ1v) is 7.38. The normalized spacial score (nSPS) is 12.8. The lowest BCUT2D eigenvalue weighted by molar-refractivity contribution is 0.447. The number of hydrogen-bond acceptors (Lipinski definition) is 1. The fourth-order valence-electron chi connectivity index (χ4n) is 2.30. The predicted octanol–water partition coefficient (Wildman–Crippen LogP) is 5.91. The highest BCUT2D eigenvalue weighted by Gasteiger charge is 2.07. The van der Waals surface area contributed by atoms with Crippen LogP contribution < -0.4 is 0 Å². The Labute approximate surface area is 107 Å². The van der Waals surface area contributed by atoms with E-state index in [0.29, 0.717) is 5.92 Å². The Kier molecular flexibility index (Phi) is 7.87. The molecule has 1 aromatic rings. The molecule has 1 unspecified atom stereocenters. The third kappa shape index (κ3) is 6.55. The molecular weight excluding hydrogens is 208 g/mol. The second-order valence-corrected chi connectivity index (χ2v) is 5.18. The van der Waals surface area contributed by atoms with E-state index >= 15 is 0 Å². The molecule has 1 rings (SSSR count). The smallest absolute Gasteiger partial charge is 0.106 e. The molecule has 0 aliphatic rings. The fraction of sp³-hybridized carbons (Fsp3) is 0.750. The average Bonchev–Trinajstić information content (AvgIpc) is 2.86. The van der Waals surface area contributed by atoms with Crippen LogP contribution in [0.5, 0.6) is 0 Å². The maximum Gasteiger partial charge on any atom is 0.106 e. The van der Waals surface area contributed by atoms with E-state index in [9.17, 15) is 0 Å². The predicted molar refractivity (Wildman–Crippen MR) is 74.4 cm³/mol. The molecule has 1 aromatic heterocycles. The van der Waals surface area contributed by atoms with Gasteiger partial charge in [0.1, 0.15) is 5.76 Å². The Bertz CT molecular complexity index is 250. The molecule has 0 radical (unpaired) electrons. The lowest BCUT2D eigenvalue weighted by Gasteiger charge is -2.07. The van der Waals surface area contributed by atoms with Gasteiger partial charge in [0.2, 0.25) is 0 Å². The van der Waals surface area contributed by atoms with Gasteiger partial charge in [0.05, 0.1) is 6.26 Å². The molecule has 0 saturated carbocycles. The zero-order valence-electron chi connectivity index (χ0n) is 11.6. The number of furan rings is 1. The molecule has 1 nitrogen and oxygen atoms in total. The van der Waals surface area contributed by atoms with Gasteiger partial charge in [-0.3, -0.25) is 0 Å². The van der Waals surface area contributed by atoms with E-state index in [4.69, 9.17) is 4.42 Å². The summed E-state index contributed by atoms with van der Waals surface area (Å²) in [5, 5.41) is 0. The topological polar surface area (TPSA) is 13.1 Å². The van der Waals surface area contributed by atoms with E-state index in [-0.39, 0.29) is 0 Å². The van der Waals surface area contributed by atoms with Crippen LogP contribution in [-0.2, 0) is 0 Å². The monoisotopic (exact) mass is 236 g/mol. The molecule has 1 heterocycles. The molecule has 0 aliphatic heterocycles. The van der Waals surface area contributed by atoms with Crippen LogP contribution >= 0.6 is 0 Å². The number of hydrogen-bond donors (Lipinski definition) is 0. The summed E-state index contributed by atoms with van der Waals surface area (Å²) in [5.41, 5.74) is 0. The van der Waals surface area contributed by atoms with E-state index in [1.165, 1.54) is 57.8 Å². The van der Waals surface area contributed by atoms with Crippen molar-refractivity contribution in [1.82, 2.24) is 0 Å². The molecule has 0 spiro atoms. The quantitative estimate of drug-likeness (QED) is 0.460. The summed E-state index contributed by atoms with van der Waals surface area (Å²) in [6, 6.07) is 4.08. The molecular formula is C16H28O. The van der Waals surface area contributed by atoms with Crippen LogP contribution in [0.15, 0.2) is 22.8 Å². The van der Waals surface area contributed by atoms with Gasteiger partial charge in [-0.15, -0.1) is 0 Å². The Morgan fingerprint density at radius 1 is 1.00 bits per heavy atom. The summed E-state index contributed by atoms with van der Waals surface area (Å²) in [6.45, 7) is 4.54. The molecule has 0 saturated heterocycles. The summed E-state index contributed by atoms with van der Waals surface area (Å²) in [5.74, 6) is 1.73. The fourth-order valence-corrected chi connectivity index (χ4v) is 2.30. The van der Waals surface area contributed by atoms with Crippen LogP contribution in [0.25, 0.3) is 0 Å². The summed E-state index contributed by atoms with van der Waals surface area (Å²) in [6.07, 6.45) is 14.2. The van der Waals surface area contributed by atoms with Crippen molar-refractivity contribution >= 4 is 0 Å². The summed E-state index contributed by atoms with van der Waals surface area (Å²) >= 11 is 0. The lowest BCUT2D eigenvalue weighted by atomic mass is 9.99. The SMILES string of the molecule is CCCCCCCCCCC(C)c1ccco1. The van der Waals surface area contributed by atoms with Crippen molar-refractivity contribution in [3.63, 3.8) is 0 Å². The van der Waals surface area contributed by atoms with Crippen LogP contribution in [0.3, 0.4) is 0 Å². The maximum absolute atomic E-state index is 5.42. The molecule has 98 valence electrons. The zero-order valence-corrected chi connectivity index (χ0v) is 11.6. The van der Waals surface area contributed by atoms with Crippen molar-refractivity contribution < 1.29 is 4.42 Å². The van der Waals surface area contributed by atoms with Gasteiger partial charge in [-0.25, -0.2) is 0 Å². The van der Waals surface area contributed by atoms with Gasteiger partial charge in [0, 0.05) is 5.92 Å². The highest BCUT2D eigenvalue weighted by molar-refractivity contribution is 5.03. The van der Waals surface area contributed by atoms with Crippen LogP contribution in [0, 0.1) is 0 Å². The second kappa shape index (κ2) is 9.32. The average molecular weight is 236 g/mol. The van der Waals surface area contributed by atoms with Crippen LogP contribution in [-0.4, -0.2) is 0 Å². The largest absolute Gasteiger partial charge is 0.469 e. The van der Waals surface area contributed by atoms with E-state index in [1.54, 1.807) is 6.26 Å². The Balaban J connectivity index is 1.90. The van der Waals surface area contributed by atoms with Gasteiger partial charge >= 0.3 is 0 Å². The van der Waals surface area contributed by atoms with Crippen LogP contribution in [0.1, 0.15) is 83.3 Å². The van der Waals surface area contributed by atoms with Gasteiger partial charge < -0.3 is 4.42 Å². The summed E-state index contributed by atoms with van der Waals surface area (Å²) < 4.78 is 5.42. The van der Waals surface area contributed by atoms with Gasteiger partial charge in [-0.05, 0) is 18.6 Å². The Morgan fingerprint density at radius 3 is 2.24 bits per heavy atom. The van der Waals surface area contributed by atoms with Gasteiger partial charge in [0.15, 0.2) is 0 Å². The van der Waals surface area contributed by atoms with Crippen molar-refractivity contribution in [2.45, 2.75) is 77.6 Å². The molecule has 1 heteroatoms. The zero-order chi connectivity index (χ0) is 12.3. The summed E-state index contributed by atoms with van der Waals surface area (Å²) in [4.78, 5) is 0. The minimum atomic E-state index is 0.588. The second-order valence-electron chi connectivity index (χ2n) is 5.18. The van der Waals surface area contributed by atoms with Crippen molar-refractivity contribution in [3.05, 3.63) is 24.2 Å². The Morgan fingerprint density at radius 2 is 1.65 bits per heavy atom. The van der Waals surface area contributed by atoms with Crippen LogP contribution in [0.4, 0.5) is 0 Å². The van der Waals surface area contributed by atoms with Gasteiger partial charge in [0.25, 0.3) is 0 Å². The molecule has 0 bridgehead atoms. The van der Waals surface area contributed by atoms with Crippen LogP contribution in [0.2, 0.25) is 0 Å². The van der Waals surface area contributed by atoms with E-state index in [0.717, 1.165) is 5.76 Å². The first-order chi connectivity index (χ1) is 8.34. The van der Waals surface area contributed by atoms with Crippen molar-refractivity contribution in [3.8, 4) is 0 Å². The van der Waals surface area contributed by atoms with Crippen molar-refractivity contribution in [1.29, 1.82) is 0 Å². The van der Waals surface area contributed by atoms with Gasteiger partial charge in [-0.2, -0.15) is 0 Å². The molecule has 0 N–H and O–H groups in total. The first kappa shape index (κ1) is 14.3. The minimum absolute atomic E-state index is 0.588. The third-order valence-electron chi connectivity index (χ3n) is 3.52. The molecule has 0 amide bonds. The Hall–Kier alpha value is -0.720. The maximum atomic E-state index is 5.42. The number of unbranched alkanes of at least 4 members (excludes halogenated alkanes) is 7. The van der Waals surface area contributed by atoms with Crippen molar-refractivity contribution in [2.24, 2.45) is 0 Å². The molecule has 0 aliphatic carbocycles. The van der Waals surface area contributed by atoms with E-state index < -0.39 is 0 Å². The standard InChI is InChI=1S/C16H28O/c1-3-4-5-6-7-8-9-10-12-15(2)16-13-11-14-17-16/h11,13-15H,3-10,12H2,1-2H3. The molecule has 0 aromatic carbocycles. The number of rotatable bonds is 10. The third-order valence-corrected chi connectivity index (χ3v) is 3.52. The first-order valence-electron chi connectivity index (χ1n) is 7.38. The highest BCUT2D eigenvalue weighted by Crippen LogP contribution is 2.22. The highest BCUT2D eigenvalue weighted by atomic mass is 16.3. The lowest BCUT2D eigenvalue weighted by Crippen LogP contribution is -1.91. The molecule has 1 atom stereocenters. The van der Waals surface area contributed by atoms with Crippen molar-refractivity contribution in [2.75, 3.05) is 0 Å².